The molecule has 7 heteroatoms. The van der Waals surface area contributed by atoms with Gasteiger partial charge in [0.1, 0.15) is 0 Å². The average Bonchev–Trinajstić information content (AvgIpc) is 2.41. The normalized spacial score (nSPS) is 11.7. The van der Waals surface area contributed by atoms with Crippen LogP contribution in [0.3, 0.4) is 0 Å². The molecule has 0 aliphatic carbocycles. The van der Waals surface area contributed by atoms with Crippen molar-refractivity contribution in [2.45, 2.75) is 38.1 Å². The number of benzene rings is 1. The van der Waals surface area contributed by atoms with E-state index >= 15 is 0 Å². The van der Waals surface area contributed by atoms with E-state index in [1.54, 1.807) is 13.1 Å². The molecule has 1 aromatic carbocycles. The molecule has 0 amide bonds. The summed E-state index contributed by atoms with van der Waals surface area (Å²) in [6.45, 7) is 5.46. The van der Waals surface area contributed by atoms with Gasteiger partial charge < -0.3 is 10.6 Å². The lowest BCUT2D eigenvalue weighted by Crippen LogP contribution is -2.37. The molecule has 0 aliphatic rings. The summed E-state index contributed by atoms with van der Waals surface area (Å²) in [5, 5.41) is 6.45. The molecule has 0 unspecified atom stereocenters. The van der Waals surface area contributed by atoms with Crippen molar-refractivity contribution in [1.82, 2.24) is 10.6 Å². The minimum atomic E-state index is -3.16. The first kappa shape index (κ1) is 21.2. The summed E-state index contributed by atoms with van der Waals surface area (Å²) in [4.78, 5) is 4.54. The molecule has 22 heavy (non-hydrogen) atoms. The van der Waals surface area contributed by atoms with Gasteiger partial charge in [0.25, 0.3) is 0 Å². The van der Waals surface area contributed by atoms with Crippen LogP contribution in [0.25, 0.3) is 0 Å². The highest BCUT2D eigenvalue weighted by Gasteiger charge is 2.10. The van der Waals surface area contributed by atoms with E-state index in [9.17, 15) is 8.42 Å². The smallest absolute Gasteiger partial charge is 0.191 e. The van der Waals surface area contributed by atoms with Crippen molar-refractivity contribution in [3.05, 3.63) is 29.3 Å². The Kier molecular flexibility index (Phi) is 9.66. The van der Waals surface area contributed by atoms with E-state index in [0.717, 1.165) is 36.5 Å². The predicted molar refractivity (Wildman–Crippen MR) is 103 cm³/mol. The number of aliphatic imine (C=N–C) groups is 1. The van der Waals surface area contributed by atoms with Gasteiger partial charge in [-0.25, -0.2) is 8.42 Å². The standard InChI is InChI=1S/C15H25N3O2S.HI/c1-5-6-9-17-15(16-3)18-11-13-7-8-14(12(2)10-13)21(4,19)20;/h7-8,10H,5-6,9,11H2,1-4H3,(H2,16,17,18);1H. The molecule has 0 heterocycles. The number of sulfone groups is 1. The molecule has 0 fully saturated rings. The highest BCUT2D eigenvalue weighted by molar-refractivity contribution is 14.0. The first-order valence-electron chi connectivity index (χ1n) is 7.12. The molecule has 2 N–H and O–H groups in total. The summed E-state index contributed by atoms with van der Waals surface area (Å²) in [7, 11) is -1.42. The highest BCUT2D eigenvalue weighted by atomic mass is 127. The van der Waals surface area contributed by atoms with Crippen molar-refractivity contribution >= 4 is 39.8 Å². The van der Waals surface area contributed by atoms with Crippen molar-refractivity contribution in [3.63, 3.8) is 0 Å². The Labute approximate surface area is 150 Å². The highest BCUT2D eigenvalue weighted by Crippen LogP contribution is 2.16. The third-order valence-electron chi connectivity index (χ3n) is 3.15. The van der Waals surface area contributed by atoms with Gasteiger partial charge in [-0.05, 0) is 30.5 Å². The van der Waals surface area contributed by atoms with Gasteiger partial charge in [-0.3, -0.25) is 4.99 Å². The van der Waals surface area contributed by atoms with Gasteiger partial charge >= 0.3 is 0 Å². The molecule has 1 rings (SSSR count). The largest absolute Gasteiger partial charge is 0.356 e. The van der Waals surface area contributed by atoms with Gasteiger partial charge in [0.05, 0.1) is 4.90 Å². The van der Waals surface area contributed by atoms with E-state index in [1.807, 2.05) is 19.1 Å². The van der Waals surface area contributed by atoms with Crippen LogP contribution in [0.5, 0.6) is 0 Å². The van der Waals surface area contributed by atoms with Gasteiger partial charge in [-0.2, -0.15) is 0 Å². The first-order valence-corrected chi connectivity index (χ1v) is 9.01. The minimum Gasteiger partial charge on any atom is -0.356 e. The molecule has 0 bridgehead atoms. The summed E-state index contributed by atoms with van der Waals surface area (Å²) in [5.74, 6) is 0.758. The molecule has 0 spiro atoms. The van der Waals surface area contributed by atoms with Crippen LogP contribution in [-0.2, 0) is 16.4 Å². The molecule has 0 saturated heterocycles. The molecule has 0 radical (unpaired) electrons. The predicted octanol–water partition coefficient (Wildman–Crippen LogP) is 2.48. The van der Waals surface area contributed by atoms with Crippen LogP contribution in [0, 0.1) is 6.92 Å². The van der Waals surface area contributed by atoms with Gasteiger partial charge in [0, 0.05) is 26.4 Å². The van der Waals surface area contributed by atoms with Crippen LogP contribution in [0.1, 0.15) is 30.9 Å². The molecule has 1 aromatic rings. The number of hydrogen-bond donors (Lipinski definition) is 2. The molecule has 0 atom stereocenters. The van der Waals surface area contributed by atoms with Crippen LogP contribution in [0.15, 0.2) is 28.1 Å². The number of nitrogens with zero attached hydrogens (tertiary/aromatic N) is 1. The molecular formula is C15H26IN3O2S. The van der Waals surface area contributed by atoms with Crippen molar-refractivity contribution in [2.24, 2.45) is 4.99 Å². The molecule has 0 aliphatic heterocycles. The molecule has 0 saturated carbocycles. The van der Waals surface area contributed by atoms with Gasteiger partial charge in [-0.15, -0.1) is 24.0 Å². The summed E-state index contributed by atoms with van der Waals surface area (Å²) < 4.78 is 23.2. The van der Waals surface area contributed by atoms with Crippen LogP contribution >= 0.6 is 24.0 Å². The third kappa shape index (κ3) is 6.95. The Balaban J connectivity index is 0.00000441. The van der Waals surface area contributed by atoms with E-state index < -0.39 is 9.84 Å². The lowest BCUT2D eigenvalue weighted by molar-refractivity contribution is 0.601. The van der Waals surface area contributed by atoms with Crippen LogP contribution in [-0.4, -0.2) is 34.2 Å². The third-order valence-corrected chi connectivity index (χ3v) is 4.40. The minimum absolute atomic E-state index is 0. The summed E-state index contributed by atoms with van der Waals surface area (Å²) in [6, 6.07) is 5.38. The maximum atomic E-state index is 11.6. The zero-order valence-corrected chi connectivity index (χ0v) is 16.8. The Hall–Kier alpha value is -0.830. The topological polar surface area (TPSA) is 70.6 Å². The van der Waals surface area contributed by atoms with E-state index in [1.165, 1.54) is 6.26 Å². The second kappa shape index (κ2) is 10.0. The Bertz CT molecular complexity index is 601. The fourth-order valence-corrected chi connectivity index (χ4v) is 2.99. The van der Waals surface area contributed by atoms with Crippen molar-refractivity contribution < 1.29 is 8.42 Å². The fraction of sp³-hybridized carbons (Fsp3) is 0.533. The van der Waals surface area contributed by atoms with E-state index in [0.29, 0.717) is 11.4 Å². The number of hydrogen-bond acceptors (Lipinski definition) is 3. The summed E-state index contributed by atoms with van der Waals surface area (Å²) >= 11 is 0. The van der Waals surface area contributed by atoms with Gasteiger partial charge in [-0.1, -0.05) is 25.5 Å². The van der Waals surface area contributed by atoms with Gasteiger partial charge in [0.2, 0.25) is 0 Å². The molecule has 0 aromatic heterocycles. The Morgan fingerprint density at radius 3 is 2.45 bits per heavy atom. The van der Waals surface area contributed by atoms with Gasteiger partial charge in [0.15, 0.2) is 15.8 Å². The SMILES string of the molecule is CCCCNC(=NC)NCc1ccc(S(C)(=O)=O)c(C)c1.I. The zero-order chi connectivity index (χ0) is 15.9. The summed E-state index contributed by atoms with van der Waals surface area (Å²) in [5.41, 5.74) is 1.80. The Morgan fingerprint density at radius 1 is 1.27 bits per heavy atom. The van der Waals surface area contributed by atoms with Crippen LogP contribution < -0.4 is 10.6 Å². The molecular weight excluding hydrogens is 413 g/mol. The maximum absolute atomic E-state index is 11.6. The second-order valence-corrected chi connectivity index (χ2v) is 7.06. The molecule has 126 valence electrons. The number of guanidine groups is 1. The van der Waals surface area contributed by atoms with Crippen molar-refractivity contribution in [3.8, 4) is 0 Å². The Morgan fingerprint density at radius 2 is 1.95 bits per heavy atom. The molecule has 5 nitrogen and oxygen atoms in total. The number of nitrogens with one attached hydrogen (secondary N) is 2. The second-order valence-electron chi connectivity index (χ2n) is 5.08. The van der Waals surface area contributed by atoms with E-state index in [4.69, 9.17) is 0 Å². The number of halogens is 1. The number of aryl methyl sites for hydroxylation is 1. The van der Waals surface area contributed by atoms with E-state index in [2.05, 4.69) is 22.5 Å². The van der Waals surface area contributed by atoms with E-state index in [-0.39, 0.29) is 24.0 Å². The summed E-state index contributed by atoms with van der Waals surface area (Å²) in [6.07, 6.45) is 3.46. The lowest BCUT2D eigenvalue weighted by Gasteiger charge is -2.12. The monoisotopic (exact) mass is 439 g/mol. The van der Waals surface area contributed by atoms with Crippen molar-refractivity contribution in [1.29, 1.82) is 0 Å². The zero-order valence-electron chi connectivity index (χ0n) is 13.6. The maximum Gasteiger partial charge on any atom is 0.191 e. The quantitative estimate of drug-likeness (QED) is 0.309. The number of rotatable bonds is 6. The van der Waals surface area contributed by atoms with Crippen LogP contribution in [0.4, 0.5) is 0 Å². The lowest BCUT2D eigenvalue weighted by atomic mass is 10.1. The number of unbranched alkanes of at least 4 members (excludes halogenated alkanes) is 1. The average molecular weight is 439 g/mol. The first-order chi connectivity index (χ1) is 9.88. The fourth-order valence-electron chi connectivity index (χ4n) is 2.03. The van der Waals surface area contributed by atoms with Crippen molar-refractivity contribution in [2.75, 3.05) is 19.8 Å². The van der Waals surface area contributed by atoms with Crippen LogP contribution in [0.2, 0.25) is 0 Å².